The molecule has 0 spiro atoms. The molecule has 1 heterocycles. The minimum Gasteiger partial charge on any atom is -0.333 e. The van der Waals surface area contributed by atoms with Gasteiger partial charge in [-0.25, -0.2) is 4.79 Å². The second-order valence-corrected chi connectivity index (χ2v) is 6.74. The van der Waals surface area contributed by atoms with Gasteiger partial charge in [0.1, 0.15) is 0 Å². The lowest BCUT2D eigenvalue weighted by Crippen LogP contribution is -2.39. The van der Waals surface area contributed by atoms with Gasteiger partial charge in [0.05, 0.1) is 6.04 Å². The Morgan fingerprint density at radius 1 is 1.16 bits per heavy atom. The van der Waals surface area contributed by atoms with E-state index in [0.717, 1.165) is 22.5 Å². The van der Waals surface area contributed by atoms with Crippen LogP contribution in [0.2, 0.25) is 5.02 Å². The van der Waals surface area contributed by atoms with Crippen LogP contribution in [0.5, 0.6) is 0 Å². The van der Waals surface area contributed by atoms with Crippen LogP contribution >= 0.6 is 11.6 Å². The molecule has 0 radical (unpaired) electrons. The van der Waals surface area contributed by atoms with E-state index >= 15 is 0 Å². The van der Waals surface area contributed by atoms with Crippen molar-refractivity contribution < 1.29 is 9.59 Å². The van der Waals surface area contributed by atoms with Gasteiger partial charge in [-0.05, 0) is 55.3 Å². The maximum Gasteiger partial charge on any atom is 0.319 e. The first-order chi connectivity index (χ1) is 11.9. The second kappa shape index (κ2) is 7.15. The van der Waals surface area contributed by atoms with Crippen molar-refractivity contribution in [3.8, 4) is 0 Å². The predicted octanol–water partition coefficient (Wildman–Crippen LogP) is 3.88. The number of amides is 3. The highest BCUT2D eigenvalue weighted by Gasteiger charge is 2.31. The molecule has 1 fully saturated rings. The Hall–Kier alpha value is -2.53. The van der Waals surface area contributed by atoms with E-state index in [0.29, 0.717) is 11.6 Å². The fourth-order valence-corrected chi connectivity index (χ4v) is 3.02. The van der Waals surface area contributed by atoms with Gasteiger partial charge in [-0.1, -0.05) is 23.7 Å². The molecule has 0 aromatic heterocycles. The second-order valence-electron chi connectivity index (χ2n) is 6.30. The first-order valence-electron chi connectivity index (χ1n) is 8.13. The quantitative estimate of drug-likeness (QED) is 0.875. The monoisotopic (exact) mass is 357 g/mol. The summed E-state index contributed by atoms with van der Waals surface area (Å²) >= 11 is 5.88. The summed E-state index contributed by atoms with van der Waals surface area (Å²) < 4.78 is 0. The van der Waals surface area contributed by atoms with E-state index in [1.165, 1.54) is 0 Å². The molecule has 1 aliphatic rings. The molecule has 25 heavy (non-hydrogen) atoms. The lowest BCUT2D eigenvalue weighted by atomic mass is 10.1. The normalized spacial score (nSPS) is 16.8. The van der Waals surface area contributed by atoms with Gasteiger partial charge in [0.15, 0.2) is 0 Å². The van der Waals surface area contributed by atoms with Gasteiger partial charge >= 0.3 is 6.03 Å². The summed E-state index contributed by atoms with van der Waals surface area (Å²) in [7, 11) is 0. The van der Waals surface area contributed by atoms with Crippen molar-refractivity contribution >= 4 is 34.9 Å². The lowest BCUT2D eigenvalue weighted by molar-refractivity contribution is -0.117. The maximum absolute atomic E-state index is 12.3. The zero-order chi connectivity index (χ0) is 18.0. The van der Waals surface area contributed by atoms with Crippen LogP contribution in [0.4, 0.5) is 16.2 Å². The topological polar surface area (TPSA) is 61.4 Å². The van der Waals surface area contributed by atoms with Crippen LogP contribution in [-0.2, 0) is 4.79 Å². The highest BCUT2D eigenvalue weighted by atomic mass is 35.5. The molecule has 3 amide bonds. The predicted molar refractivity (Wildman–Crippen MR) is 100 cm³/mol. The third-order valence-electron chi connectivity index (χ3n) is 4.24. The van der Waals surface area contributed by atoms with E-state index in [-0.39, 0.29) is 24.4 Å². The first kappa shape index (κ1) is 17.3. The van der Waals surface area contributed by atoms with E-state index in [2.05, 4.69) is 10.6 Å². The Kier molecular flexibility index (Phi) is 4.95. The highest BCUT2D eigenvalue weighted by molar-refractivity contribution is 6.30. The van der Waals surface area contributed by atoms with Crippen molar-refractivity contribution in [2.75, 3.05) is 16.8 Å². The molecule has 5 nitrogen and oxygen atoms in total. The molecule has 1 saturated heterocycles. The average Bonchev–Trinajstić information content (AvgIpc) is 2.92. The molecule has 2 aromatic rings. The Morgan fingerprint density at radius 2 is 1.88 bits per heavy atom. The fourth-order valence-electron chi connectivity index (χ4n) is 2.89. The Balaban J connectivity index is 1.62. The minimum absolute atomic E-state index is 0.0145. The number of benzene rings is 2. The molecule has 6 heteroatoms. The van der Waals surface area contributed by atoms with Crippen LogP contribution < -0.4 is 15.5 Å². The standard InChI is InChI=1S/C19H20ClN3O2/c1-12-3-4-13(2)17(9-12)22-19(25)21-15-10-18(24)23(11-15)16-7-5-14(20)6-8-16/h3-9,15H,10-11H2,1-2H3,(H2,21,22,25)/t15-/m0/s1. The van der Waals surface area contributed by atoms with Gasteiger partial charge < -0.3 is 15.5 Å². The number of carbonyl (C=O) groups is 2. The summed E-state index contributed by atoms with van der Waals surface area (Å²) in [5.74, 6) is -0.0145. The van der Waals surface area contributed by atoms with Crippen LogP contribution in [0.15, 0.2) is 42.5 Å². The summed E-state index contributed by atoms with van der Waals surface area (Å²) in [6.07, 6.45) is 0.281. The summed E-state index contributed by atoms with van der Waals surface area (Å²) in [5.41, 5.74) is 3.63. The molecule has 0 aliphatic carbocycles. The van der Waals surface area contributed by atoms with Crippen molar-refractivity contribution in [3.05, 3.63) is 58.6 Å². The summed E-state index contributed by atoms with van der Waals surface area (Å²) in [5, 5.41) is 6.36. The van der Waals surface area contributed by atoms with Crippen molar-refractivity contribution in [1.82, 2.24) is 5.32 Å². The molecule has 0 saturated carbocycles. The van der Waals surface area contributed by atoms with Crippen LogP contribution in [0.1, 0.15) is 17.5 Å². The zero-order valence-electron chi connectivity index (χ0n) is 14.2. The van der Waals surface area contributed by atoms with Crippen LogP contribution in [0, 0.1) is 13.8 Å². The zero-order valence-corrected chi connectivity index (χ0v) is 14.9. The van der Waals surface area contributed by atoms with E-state index in [9.17, 15) is 9.59 Å². The summed E-state index contributed by atoms with van der Waals surface area (Å²) in [6, 6.07) is 12.5. The fraction of sp³-hybridized carbons (Fsp3) is 0.263. The van der Waals surface area contributed by atoms with E-state index in [4.69, 9.17) is 11.6 Å². The van der Waals surface area contributed by atoms with Crippen molar-refractivity contribution in [2.24, 2.45) is 0 Å². The van der Waals surface area contributed by atoms with Gasteiger partial charge in [0.25, 0.3) is 0 Å². The summed E-state index contributed by atoms with van der Waals surface area (Å²) in [6.45, 7) is 4.36. The van der Waals surface area contributed by atoms with Crippen LogP contribution in [0.3, 0.4) is 0 Å². The molecule has 2 aromatic carbocycles. The van der Waals surface area contributed by atoms with Gasteiger partial charge in [0.2, 0.25) is 5.91 Å². The number of anilines is 2. The number of rotatable bonds is 3. The van der Waals surface area contributed by atoms with E-state index in [1.54, 1.807) is 29.2 Å². The number of nitrogens with one attached hydrogen (secondary N) is 2. The number of nitrogens with zero attached hydrogens (tertiary/aromatic N) is 1. The third kappa shape index (κ3) is 4.12. The van der Waals surface area contributed by atoms with Gasteiger partial charge in [-0.15, -0.1) is 0 Å². The largest absolute Gasteiger partial charge is 0.333 e. The van der Waals surface area contributed by atoms with Crippen molar-refractivity contribution in [2.45, 2.75) is 26.3 Å². The average molecular weight is 358 g/mol. The number of halogens is 1. The SMILES string of the molecule is Cc1ccc(C)c(NC(=O)N[C@H]2CC(=O)N(c3ccc(Cl)cc3)C2)c1. The minimum atomic E-state index is -0.301. The molecule has 1 atom stereocenters. The molecule has 0 unspecified atom stereocenters. The molecule has 0 bridgehead atoms. The van der Waals surface area contributed by atoms with Gasteiger partial charge in [0, 0.05) is 29.4 Å². The van der Waals surface area contributed by atoms with Gasteiger partial charge in [-0.3, -0.25) is 4.79 Å². The molecule has 3 rings (SSSR count). The Labute approximate surface area is 152 Å². The lowest BCUT2D eigenvalue weighted by Gasteiger charge is -2.18. The third-order valence-corrected chi connectivity index (χ3v) is 4.49. The van der Waals surface area contributed by atoms with E-state index < -0.39 is 0 Å². The number of hydrogen-bond acceptors (Lipinski definition) is 2. The highest BCUT2D eigenvalue weighted by Crippen LogP contribution is 2.23. The van der Waals surface area contributed by atoms with Crippen molar-refractivity contribution in [1.29, 1.82) is 0 Å². The molecular weight excluding hydrogens is 338 g/mol. The molecule has 130 valence electrons. The first-order valence-corrected chi connectivity index (χ1v) is 8.51. The smallest absolute Gasteiger partial charge is 0.319 e. The van der Waals surface area contributed by atoms with Crippen molar-refractivity contribution in [3.63, 3.8) is 0 Å². The Morgan fingerprint density at radius 3 is 2.60 bits per heavy atom. The number of carbonyl (C=O) groups excluding carboxylic acids is 2. The summed E-state index contributed by atoms with van der Waals surface area (Å²) in [4.78, 5) is 26.2. The van der Waals surface area contributed by atoms with Crippen LogP contribution in [-0.4, -0.2) is 24.5 Å². The molecule has 1 aliphatic heterocycles. The van der Waals surface area contributed by atoms with Crippen LogP contribution in [0.25, 0.3) is 0 Å². The molecular formula is C19H20ClN3O2. The maximum atomic E-state index is 12.3. The Bertz CT molecular complexity index is 805. The van der Waals surface area contributed by atoms with E-state index in [1.807, 2.05) is 32.0 Å². The number of hydrogen-bond donors (Lipinski definition) is 2. The van der Waals surface area contributed by atoms with Gasteiger partial charge in [-0.2, -0.15) is 0 Å². The molecule has 2 N–H and O–H groups in total. The number of aryl methyl sites for hydroxylation is 2. The number of urea groups is 1.